The quantitative estimate of drug-likeness (QED) is 0.728. The van der Waals surface area contributed by atoms with Crippen LogP contribution in [0.5, 0.6) is 5.75 Å². The first-order chi connectivity index (χ1) is 9.63. The smallest absolute Gasteiger partial charge is 0.220 e. The van der Waals surface area contributed by atoms with E-state index in [0.29, 0.717) is 25.8 Å². The molecule has 5 nitrogen and oxygen atoms in total. The maximum Gasteiger partial charge on any atom is 0.220 e. The lowest BCUT2D eigenvalue weighted by molar-refractivity contribution is -0.122. The molecule has 3 N–H and O–H groups in total. The zero-order valence-electron chi connectivity index (χ0n) is 11.4. The Hall–Kier alpha value is -2.04. The Morgan fingerprint density at radius 2 is 2.10 bits per heavy atom. The topological polar surface area (TPSA) is 78.4 Å². The van der Waals surface area contributed by atoms with E-state index in [4.69, 9.17) is 5.11 Å². The van der Waals surface area contributed by atoms with E-state index in [1.165, 1.54) is 0 Å². The fourth-order valence-electron chi connectivity index (χ4n) is 2.30. The number of hydrogen-bond acceptors (Lipinski definition) is 3. The van der Waals surface area contributed by atoms with Gasteiger partial charge in [-0.2, -0.15) is 0 Å². The summed E-state index contributed by atoms with van der Waals surface area (Å²) >= 11 is 0. The summed E-state index contributed by atoms with van der Waals surface area (Å²) in [7, 11) is 0. The lowest BCUT2D eigenvalue weighted by Crippen LogP contribution is -2.30. The second-order valence-corrected chi connectivity index (χ2v) is 5.11. The fraction of sp³-hybridized carbons (Fsp3) is 0.467. The van der Waals surface area contributed by atoms with E-state index in [1.807, 2.05) is 12.1 Å². The lowest BCUT2D eigenvalue weighted by atomic mass is 10.1. The molecule has 108 valence electrons. The van der Waals surface area contributed by atoms with Crippen molar-refractivity contribution in [3.05, 3.63) is 29.8 Å². The number of carbonyl (C=O) groups excluding carboxylic acids is 2. The van der Waals surface area contributed by atoms with Crippen LogP contribution in [-0.4, -0.2) is 29.5 Å². The van der Waals surface area contributed by atoms with E-state index >= 15 is 0 Å². The molecule has 2 rings (SSSR count). The molecule has 20 heavy (non-hydrogen) atoms. The van der Waals surface area contributed by atoms with Crippen molar-refractivity contribution in [1.29, 1.82) is 0 Å². The van der Waals surface area contributed by atoms with Crippen molar-refractivity contribution in [1.82, 2.24) is 10.6 Å². The number of hydrogen-bond donors (Lipinski definition) is 3. The molecule has 0 saturated carbocycles. The summed E-state index contributed by atoms with van der Waals surface area (Å²) < 4.78 is 0. The first-order valence-corrected chi connectivity index (χ1v) is 6.97. The molecule has 1 heterocycles. The van der Waals surface area contributed by atoms with Crippen LogP contribution in [0.25, 0.3) is 0 Å². The average Bonchev–Trinajstić information content (AvgIpc) is 2.85. The molecule has 1 aromatic carbocycles. The summed E-state index contributed by atoms with van der Waals surface area (Å²) in [4.78, 5) is 22.7. The van der Waals surface area contributed by atoms with Crippen LogP contribution >= 0.6 is 0 Å². The largest absolute Gasteiger partial charge is 0.508 e. The van der Waals surface area contributed by atoms with E-state index in [9.17, 15) is 9.59 Å². The number of nitrogens with one attached hydrogen (secondary N) is 2. The van der Waals surface area contributed by atoms with E-state index in [1.54, 1.807) is 12.1 Å². The molecule has 2 amide bonds. The second kappa shape index (κ2) is 6.93. The van der Waals surface area contributed by atoms with Gasteiger partial charge >= 0.3 is 0 Å². The number of benzene rings is 1. The second-order valence-electron chi connectivity index (χ2n) is 5.11. The Morgan fingerprint density at radius 3 is 2.75 bits per heavy atom. The molecule has 0 bridgehead atoms. The standard InChI is InChI=1S/C15H20N2O3/c18-13-5-1-11(2-6-13)9-10-16-14(19)7-3-12-4-8-15(20)17-12/h1-2,5-6,12,18H,3-4,7-10H2,(H,16,19)(H,17,20). The molecule has 1 saturated heterocycles. The van der Waals surface area contributed by atoms with Crippen molar-refractivity contribution in [3.8, 4) is 5.75 Å². The molecule has 0 spiro atoms. The number of phenolic OH excluding ortho intramolecular Hbond substituents is 1. The summed E-state index contributed by atoms with van der Waals surface area (Å²) in [5.74, 6) is 0.351. The van der Waals surface area contributed by atoms with Gasteiger partial charge in [0.2, 0.25) is 11.8 Å². The molecule has 0 aliphatic carbocycles. The van der Waals surface area contributed by atoms with Crippen LogP contribution in [0.2, 0.25) is 0 Å². The van der Waals surface area contributed by atoms with Gasteiger partial charge in [-0.3, -0.25) is 9.59 Å². The summed E-state index contributed by atoms with van der Waals surface area (Å²) in [6.07, 6.45) is 3.30. The molecular formula is C15H20N2O3. The molecule has 1 aliphatic heterocycles. The van der Waals surface area contributed by atoms with Crippen LogP contribution in [0, 0.1) is 0 Å². The maximum atomic E-state index is 11.7. The van der Waals surface area contributed by atoms with Crippen molar-refractivity contribution in [3.63, 3.8) is 0 Å². The minimum atomic E-state index is 0.0185. The molecule has 1 fully saturated rings. The highest BCUT2D eigenvalue weighted by molar-refractivity contribution is 5.79. The highest BCUT2D eigenvalue weighted by atomic mass is 16.3. The Bertz CT molecular complexity index is 471. The Morgan fingerprint density at radius 1 is 1.35 bits per heavy atom. The van der Waals surface area contributed by atoms with Gasteiger partial charge in [0.05, 0.1) is 0 Å². The fourth-order valence-corrected chi connectivity index (χ4v) is 2.30. The molecule has 5 heteroatoms. The van der Waals surface area contributed by atoms with Crippen molar-refractivity contribution in [2.45, 2.75) is 38.1 Å². The summed E-state index contributed by atoms with van der Waals surface area (Å²) in [5.41, 5.74) is 1.08. The number of carbonyl (C=O) groups is 2. The first-order valence-electron chi connectivity index (χ1n) is 6.97. The maximum absolute atomic E-state index is 11.7. The SMILES string of the molecule is O=C(CCC1CCC(=O)N1)NCCc1ccc(O)cc1. The van der Waals surface area contributed by atoms with Gasteiger partial charge in [0.25, 0.3) is 0 Å². The van der Waals surface area contributed by atoms with Gasteiger partial charge in [-0.25, -0.2) is 0 Å². The van der Waals surface area contributed by atoms with E-state index < -0.39 is 0 Å². The van der Waals surface area contributed by atoms with Crippen LogP contribution in [0.1, 0.15) is 31.2 Å². The Labute approximate surface area is 118 Å². The van der Waals surface area contributed by atoms with Gasteiger partial charge in [0.15, 0.2) is 0 Å². The van der Waals surface area contributed by atoms with Crippen LogP contribution in [0.15, 0.2) is 24.3 Å². The van der Waals surface area contributed by atoms with Crippen molar-refractivity contribution < 1.29 is 14.7 Å². The van der Waals surface area contributed by atoms with Crippen molar-refractivity contribution >= 4 is 11.8 Å². The minimum Gasteiger partial charge on any atom is -0.508 e. The highest BCUT2D eigenvalue weighted by Crippen LogP contribution is 2.12. The minimum absolute atomic E-state index is 0.0185. The molecule has 1 unspecified atom stereocenters. The van der Waals surface area contributed by atoms with Crippen LogP contribution in [-0.2, 0) is 16.0 Å². The van der Waals surface area contributed by atoms with Crippen LogP contribution in [0.4, 0.5) is 0 Å². The van der Waals surface area contributed by atoms with Gasteiger partial charge in [-0.05, 0) is 37.0 Å². The lowest BCUT2D eigenvalue weighted by Gasteiger charge is -2.10. The number of amides is 2. The third-order valence-electron chi connectivity index (χ3n) is 3.48. The number of aromatic hydroxyl groups is 1. The van der Waals surface area contributed by atoms with Gasteiger partial charge in [0, 0.05) is 25.4 Å². The predicted octanol–water partition coefficient (Wildman–Crippen LogP) is 1.11. The number of rotatable bonds is 6. The van der Waals surface area contributed by atoms with Crippen molar-refractivity contribution in [2.75, 3.05) is 6.54 Å². The summed E-state index contributed by atoms with van der Waals surface area (Å²) in [5, 5.41) is 14.9. The van der Waals surface area contributed by atoms with Gasteiger partial charge in [-0.15, -0.1) is 0 Å². The molecule has 1 atom stereocenters. The number of phenols is 1. The van der Waals surface area contributed by atoms with Gasteiger partial charge < -0.3 is 15.7 Å². The van der Waals surface area contributed by atoms with Crippen LogP contribution in [0.3, 0.4) is 0 Å². The first kappa shape index (κ1) is 14.4. The third-order valence-corrected chi connectivity index (χ3v) is 3.48. The monoisotopic (exact) mass is 276 g/mol. The van der Waals surface area contributed by atoms with Gasteiger partial charge in [-0.1, -0.05) is 12.1 Å². The molecular weight excluding hydrogens is 256 g/mol. The molecule has 1 aromatic rings. The predicted molar refractivity (Wildman–Crippen MR) is 75.2 cm³/mol. The zero-order chi connectivity index (χ0) is 14.4. The molecule has 0 aromatic heterocycles. The van der Waals surface area contributed by atoms with E-state index in [0.717, 1.165) is 18.4 Å². The highest BCUT2D eigenvalue weighted by Gasteiger charge is 2.20. The zero-order valence-corrected chi connectivity index (χ0v) is 11.4. The summed E-state index contributed by atoms with van der Waals surface area (Å²) in [6.45, 7) is 0.584. The van der Waals surface area contributed by atoms with Crippen LogP contribution < -0.4 is 10.6 Å². The van der Waals surface area contributed by atoms with E-state index in [2.05, 4.69) is 10.6 Å². The normalized spacial score (nSPS) is 17.8. The Balaban J connectivity index is 1.60. The van der Waals surface area contributed by atoms with Gasteiger partial charge in [0.1, 0.15) is 5.75 Å². The molecule has 1 aliphatic rings. The summed E-state index contributed by atoms with van der Waals surface area (Å²) in [6, 6.07) is 7.12. The average molecular weight is 276 g/mol. The van der Waals surface area contributed by atoms with Crippen molar-refractivity contribution in [2.24, 2.45) is 0 Å². The Kier molecular flexibility index (Phi) is 4.98. The third kappa shape index (κ3) is 4.57. The van der Waals surface area contributed by atoms with E-state index in [-0.39, 0.29) is 23.6 Å². The molecule has 0 radical (unpaired) electrons.